The van der Waals surface area contributed by atoms with Gasteiger partial charge in [0.1, 0.15) is 13.2 Å². The third-order valence-corrected chi connectivity index (χ3v) is 24.5. The van der Waals surface area contributed by atoms with Gasteiger partial charge in [-0.3, -0.25) is 14.5 Å². The first-order valence-corrected chi connectivity index (χ1v) is 40.1. The van der Waals surface area contributed by atoms with Crippen LogP contribution in [0.1, 0.15) is 168 Å². The smallest absolute Gasteiger partial charge is 0.410 e. The van der Waals surface area contributed by atoms with Crippen LogP contribution in [0.25, 0.3) is 0 Å². The minimum atomic E-state index is -0.212. The molecule has 6 unspecified atom stereocenters. The third-order valence-electron chi connectivity index (χ3n) is 24.5. The van der Waals surface area contributed by atoms with Crippen molar-refractivity contribution in [2.75, 3.05) is 111 Å². The van der Waals surface area contributed by atoms with E-state index in [4.69, 9.17) is 9.47 Å². The molecule has 552 valence electrons. The number of carbonyl (C=O) groups is 4. The molecule has 6 saturated heterocycles. The van der Waals surface area contributed by atoms with Gasteiger partial charge in [-0.25, -0.2) is 9.59 Å². The molecule has 6 aromatic rings. The van der Waals surface area contributed by atoms with Crippen molar-refractivity contribution in [3.8, 4) is 0 Å². The summed E-state index contributed by atoms with van der Waals surface area (Å²) in [5.41, 5.74) is 7.70. The lowest BCUT2D eigenvalue weighted by Gasteiger charge is -2.39. The molecular formula is C89H120N8O6. The summed E-state index contributed by atoms with van der Waals surface area (Å²) in [6, 6.07) is 63.9. The van der Waals surface area contributed by atoms with Crippen molar-refractivity contribution in [3.63, 3.8) is 0 Å². The Balaban J connectivity index is 0.000000149. The Bertz CT molecular complexity index is 3470. The van der Waals surface area contributed by atoms with Gasteiger partial charge in [0.25, 0.3) is 0 Å². The molecule has 14 nitrogen and oxygen atoms in total. The monoisotopic (exact) mass is 1400 g/mol. The summed E-state index contributed by atoms with van der Waals surface area (Å²) in [4.78, 5) is 71.2. The van der Waals surface area contributed by atoms with Crippen LogP contribution in [0.2, 0.25) is 0 Å². The van der Waals surface area contributed by atoms with Gasteiger partial charge in [-0.2, -0.15) is 0 Å². The second-order valence-corrected chi connectivity index (χ2v) is 31.5. The van der Waals surface area contributed by atoms with Crippen LogP contribution in [0, 0.1) is 35.5 Å². The van der Waals surface area contributed by atoms with E-state index in [9.17, 15) is 19.2 Å². The molecular weight excluding hydrogens is 1280 g/mol. The molecule has 8 fully saturated rings. The van der Waals surface area contributed by atoms with E-state index in [-0.39, 0.29) is 36.1 Å². The molecule has 2 saturated carbocycles. The van der Waals surface area contributed by atoms with Crippen molar-refractivity contribution in [1.82, 2.24) is 39.2 Å². The molecule has 8 aliphatic rings. The summed E-state index contributed by atoms with van der Waals surface area (Å²) < 4.78 is 11.3. The molecule has 6 aromatic carbocycles. The average molecular weight is 1400 g/mol. The van der Waals surface area contributed by atoms with E-state index in [0.29, 0.717) is 67.7 Å². The van der Waals surface area contributed by atoms with Gasteiger partial charge in [0.15, 0.2) is 0 Å². The van der Waals surface area contributed by atoms with E-state index in [1.54, 1.807) is 0 Å². The number of benzene rings is 6. The van der Waals surface area contributed by atoms with Gasteiger partial charge in [-0.1, -0.05) is 221 Å². The van der Waals surface area contributed by atoms with Crippen LogP contribution in [0.5, 0.6) is 0 Å². The number of carbonyl (C=O) groups excluding carboxylic acids is 4. The highest BCUT2D eigenvalue weighted by atomic mass is 16.6. The van der Waals surface area contributed by atoms with Crippen molar-refractivity contribution >= 4 is 24.0 Å². The second-order valence-electron chi connectivity index (χ2n) is 31.5. The molecule has 4 amide bonds. The van der Waals surface area contributed by atoms with Crippen LogP contribution >= 0.6 is 0 Å². The van der Waals surface area contributed by atoms with Crippen molar-refractivity contribution in [1.29, 1.82) is 0 Å². The standard InChI is InChI=1S/C33H45N3O3.C32H43N3O3.C24H32N2/c1-2-36(33(38)39-25-26-12-6-3-7-13-26)30-18-20-34(21-19-30)22-29-23-35(32(37)28-16-10-5-11-17-28)24-31(29)27-14-8-4-9-15-27;1-2-35(32(37)38-24-25-11-5-3-6-12-25)29-17-19-33(20-18-29)21-28-22-34(31(36)27-15-9-10-16-27)23-30(28)26-13-7-4-8-14-26;1-20-12-14-25(15-13-20)17-23-18-26(16-21-8-4-2-5-9-21)19-24(23)22-10-6-3-7-11-22/h3-4,6-9,12-15,28-31H,2,5,10-11,16-25H2,1H3;3-8,11-14,27-30H,2,9-10,15-24H2,1H3;2-11,20,23-24H,12-19H2,1H3. The maximum absolute atomic E-state index is 13.4. The highest BCUT2D eigenvalue weighted by molar-refractivity contribution is 5.80. The highest BCUT2D eigenvalue weighted by Gasteiger charge is 2.43. The Morgan fingerprint density at radius 1 is 0.359 bits per heavy atom. The Hall–Kier alpha value is -7.36. The quantitative estimate of drug-likeness (QED) is 0.0690. The van der Waals surface area contributed by atoms with E-state index in [1.165, 1.54) is 99.9 Å². The largest absolute Gasteiger partial charge is 0.445 e. The maximum atomic E-state index is 13.4. The zero-order valence-corrected chi connectivity index (χ0v) is 62.4. The van der Waals surface area contributed by atoms with E-state index in [0.717, 1.165) is 146 Å². The molecule has 103 heavy (non-hydrogen) atoms. The molecule has 0 spiro atoms. The first kappa shape index (κ1) is 75.3. The number of amides is 4. The number of rotatable bonds is 21. The van der Waals surface area contributed by atoms with Crippen molar-refractivity contribution < 1.29 is 28.7 Å². The zero-order valence-electron chi connectivity index (χ0n) is 62.4. The normalized spacial score (nSPS) is 23.7. The maximum Gasteiger partial charge on any atom is 0.410 e. The first-order valence-electron chi connectivity index (χ1n) is 40.1. The lowest BCUT2D eigenvalue weighted by Crippen LogP contribution is -2.48. The summed E-state index contributed by atoms with van der Waals surface area (Å²) in [7, 11) is 0. The summed E-state index contributed by atoms with van der Waals surface area (Å²) in [6.07, 6.45) is 16.5. The fraction of sp³-hybridized carbons (Fsp3) is 0.551. The van der Waals surface area contributed by atoms with Crippen molar-refractivity contribution in [2.45, 2.75) is 167 Å². The van der Waals surface area contributed by atoms with Crippen LogP contribution < -0.4 is 0 Å². The lowest BCUT2D eigenvalue weighted by molar-refractivity contribution is -0.136. The highest BCUT2D eigenvalue weighted by Crippen LogP contribution is 2.40. The third kappa shape index (κ3) is 21.2. The molecule has 0 bridgehead atoms. The van der Waals surface area contributed by atoms with Crippen LogP contribution in [0.3, 0.4) is 0 Å². The van der Waals surface area contributed by atoms with Gasteiger partial charge < -0.3 is 43.8 Å². The SMILES string of the molecule is CC1CCN(CC2CN(Cc3ccccc3)CC2c2ccccc2)CC1.CCN(C(=O)OCc1ccccc1)C1CCN(CC2CN(C(=O)C3CCCC3)CC2c2ccccc2)CC1.CCN(C(=O)OCc1ccccc1)C1CCN(CC2CN(C(=O)C3CCCCC3)CC2c2ccccc2)CC1. The van der Waals surface area contributed by atoms with Gasteiger partial charge in [-0.05, 0) is 148 Å². The fourth-order valence-corrected chi connectivity index (χ4v) is 18.6. The Morgan fingerprint density at radius 3 is 1.05 bits per heavy atom. The minimum Gasteiger partial charge on any atom is -0.445 e. The molecule has 0 aromatic heterocycles. The molecule has 0 N–H and O–H groups in total. The Morgan fingerprint density at radius 2 is 0.680 bits per heavy atom. The van der Waals surface area contributed by atoms with Crippen LogP contribution in [0.4, 0.5) is 9.59 Å². The Kier molecular flexibility index (Phi) is 28.2. The van der Waals surface area contributed by atoms with Gasteiger partial charge in [0.2, 0.25) is 11.8 Å². The molecule has 14 heteroatoms. The molecule has 2 aliphatic carbocycles. The number of ether oxygens (including phenoxy) is 2. The van der Waals surface area contributed by atoms with E-state index in [2.05, 4.69) is 158 Å². The van der Waals surface area contributed by atoms with E-state index in [1.807, 2.05) is 84.3 Å². The summed E-state index contributed by atoms with van der Waals surface area (Å²) in [6.45, 7) is 25.1. The number of nitrogens with zero attached hydrogens (tertiary/aromatic N) is 8. The van der Waals surface area contributed by atoms with Crippen molar-refractivity contribution in [2.24, 2.45) is 35.5 Å². The summed E-state index contributed by atoms with van der Waals surface area (Å²) in [5.74, 6) is 5.22. The fourth-order valence-electron chi connectivity index (χ4n) is 18.6. The number of hydrogen-bond acceptors (Lipinski definition) is 10. The minimum absolute atomic E-state index is 0.211. The summed E-state index contributed by atoms with van der Waals surface area (Å²) in [5, 5.41) is 0. The van der Waals surface area contributed by atoms with Crippen LogP contribution in [0.15, 0.2) is 182 Å². The number of likely N-dealkylation sites (tertiary alicyclic amines) is 6. The first-order chi connectivity index (χ1) is 50.5. The van der Waals surface area contributed by atoms with Gasteiger partial charge in [-0.15, -0.1) is 0 Å². The molecule has 14 rings (SSSR count). The number of hydrogen-bond donors (Lipinski definition) is 0. The van der Waals surface area contributed by atoms with Crippen LogP contribution in [-0.2, 0) is 38.8 Å². The molecule has 6 atom stereocenters. The molecule has 6 aliphatic heterocycles. The van der Waals surface area contributed by atoms with Gasteiger partial charge in [0.05, 0.1) is 0 Å². The van der Waals surface area contributed by atoms with E-state index >= 15 is 0 Å². The average Bonchev–Trinajstić information content (AvgIpc) is 1.68. The van der Waals surface area contributed by atoms with Crippen LogP contribution in [-0.4, -0.2) is 187 Å². The lowest BCUT2D eigenvalue weighted by atomic mass is 9.88. The summed E-state index contributed by atoms with van der Waals surface area (Å²) >= 11 is 0. The molecule has 0 radical (unpaired) electrons. The Labute approximate surface area is 617 Å². The second kappa shape index (κ2) is 38.6. The van der Waals surface area contributed by atoms with Crippen molar-refractivity contribution in [3.05, 3.63) is 215 Å². The molecule has 6 heterocycles. The predicted molar refractivity (Wildman–Crippen MR) is 413 cm³/mol. The zero-order chi connectivity index (χ0) is 71.1. The van der Waals surface area contributed by atoms with Gasteiger partial charge in [0, 0.05) is 146 Å². The van der Waals surface area contributed by atoms with E-state index < -0.39 is 0 Å². The number of piperidine rings is 3. The topological polar surface area (TPSA) is 113 Å². The van der Waals surface area contributed by atoms with Gasteiger partial charge >= 0.3 is 12.2 Å². The predicted octanol–water partition coefficient (Wildman–Crippen LogP) is 16.1.